The lowest BCUT2D eigenvalue weighted by Crippen LogP contribution is -2.42. The van der Waals surface area contributed by atoms with E-state index in [1.807, 2.05) is 6.07 Å². The number of hydrogen-bond donors (Lipinski definition) is 2. The van der Waals surface area contributed by atoms with Gasteiger partial charge in [-0.1, -0.05) is 60.7 Å². The Hall–Kier alpha value is -5.48. The van der Waals surface area contributed by atoms with Crippen LogP contribution >= 0.6 is 0 Å². The number of hydrogen-bond acceptors (Lipinski definition) is 6. The Labute approximate surface area is 276 Å². The number of likely N-dealkylation sites (tertiary alicyclic amines) is 1. The number of Topliss-reactive ketones (excluding diaryl/α,β-unsaturated/α-hetero) is 1. The van der Waals surface area contributed by atoms with E-state index >= 15 is 0 Å². The van der Waals surface area contributed by atoms with Crippen molar-refractivity contribution in [2.75, 3.05) is 19.6 Å². The van der Waals surface area contributed by atoms with Crippen LogP contribution in [0.3, 0.4) is 0 Å². The number of carbonyl (C=O) groups is 3. The van der Waals surface area contributed by atoms with Crippen LogP contribution in [0.15, 0.2) is 113 Å². The predicted octanol–water partition coefficient (Wildman–Crippen LogP) is 5.53. The van der Waals surface area contributed by atoms with Crippen LogP contribution < -0.4 is 11.2 Å². The van der Waals surface area contributed by atoms with Crippen LogP contribution in [-0.2, 0) is 11.3 Å². The van der Waals surface area contributed by atoms with Gasteiger partial charge in [-0.15, -0.1) is 0 Å². The minimum atomic E-state index is -0.899. The second-order valence-electron chi connectivity index (χ2n) is 11.8. The molecule has 0 saturated carbocycles. The van der Waals surface area contributed by atoms with Gasteiger partial charge in [-0.05, 0) is 80.9 Å². The standard InChI is InChI=1S/C22H22FN3O3.C16H14O3/c23-17-7-5-15(6-8-17)20(27)16-9-11-25(12-10-16)13-14-26-21(28)18-3-1-2-4-19(18)24-22(26)29;1-11(16(18)19)13-8-5-9-14(10-13)15(17)12-6-3-2-4-7-12/h1-8,16H,9-14H2,(H,24,29);2-11H,1H3,(H,18,19). The van der Waals surface area contributed by atoms with Crippen LogP contribution in [0.2, 0.25) is 0 Å². The highest BCUT2D eigenvalue weighted by Gasteiger charge is 2.26. The van der Waals surface area contributed by atoms with Crippen molar-refractivity contribution in [2.24, 2.45) is 5.92 Å². The number of carboxylic acid groups (broad SMARTS) is 1. The van der Waals surface area contributed by atoms with Crippen LogP contribution in [0.1, 0.15) is 57.5 Å². The Bertz CT molecular complexity index is 2030. The van der Waals surface area contributed by atoms with E-state index in [1.54, 1.807) is 79.7 Å². The summed E-state index contributed by atoms with van der Waals surface area (Å²) in [4.78, 5) is 65.6. The molecule has 0 spiro atoms. The number of H-pyrrole nitrogens is 1. The van der Waals surface area contributed by atoms with Gasteiger partial charge < -0.3 is 15.0 Å². The van der Waals surface area contributed by atoms with E-state index in [2.05, 4.69) is 9.88 Å². The van der Waals surface area contributed by atoms with Gasteiger partial charge >= 0.3 is 11.7 Å². The summed E-state index contributed by atoms with van der Waals surface area (Å²) in [6, 6.07) is 28.4. The molecule has 1 aromatic heterocycles. The van der Waals surface area contributed by atoms with Crippen LogP contribution in [0.25, 0.3) is 10.9 Å². The van der Waals surface area contributed by atoms with Gasteiger partial charge in [0.05, 0.1) is 16.8 Å². The zero-order chi connectivity index (χ0) is 34.2. The second kappa shape index (κ2) is 15.4. The Balaban J connectivity index is 0.000000206. The van der Waals surface area contributed by atoms with E-state index < -0.39 is 17.6 Å². The van der Waals surface area contributed by atoms with Crippen molar-refractivity contribution < 1.29 is 23.9 Å². The number of ketones is 2. The first-order valence-corrected chi connectivity index (χ1v) is 15.8. The van der Waals surface area contributed by atoms with Gasteiger partial charge in [0, 0.05) is 35.7 Å². The molecule has 1 aliphatic rings. The maximum absolute atomic E-state index is 13.0. The Morgan fingerprint density at radius 3 is 2.15 bits per heavy atom. The van der Waals surface area contributed by atoms with Crippen molar-refractivity contribution in [3.05, 3.63) is 152 Å². The maximum atomic E-state index is 13.0. The molecule has 1 saturated heterocycles. The SMILES string of the molecule is CC(C(=O)O)c1cccc(C(=O)c2ccccc2)c1.O=C(c1ccc(F)cc1)C1CCN(CCn2c(=O)[nH]c3ccccc3c2=O)CC1. The molecule has 0 bridgehead atoms. The second-order valence-corrected chi connectivity index (χ2v) is 11.8. The summed E-state index contributed by atoms with van der Waals surface area (Å²) < 4.78 is 14.3. The Morgan fingerprint density at radius 2 is 1.46 bits per heavy atom. The summed E-state index contributed by atoms with van der Waals surface area (Å²) in [5.74, 6) is -2.00. The number of nitrogens with zero attached hydrogens (tertiary/aromatic N) is 2. The van der Waals surface area contributed by atoms with Crippen LogP contribution in [0, 0.1) is 11.7 Å². The molecular formula is C38H36FN3O6. The quantitative estimate of drug-likeness (QED) is 0.201. The van der Waals surface area contributed by atoms with E-state index in [4.69, 9.17) is 5.11 Å². The first kappa shape index (κ1) is 33.9. The molecule has 0 aliphatic carbocycles. The summed E-state index contributed by atoms with van der Waals surface area (Å²) in [6.07, 6.45) is 1.42. The van der Waals surface area contributed by atoms with Gasteiger partial charge in [0.2, 0.25) is 0 Å². The van der Waals surface area contributed by atoms with E-state index in [0.29, 0.717) is 59.1 Å². The third-order valence-corrected chi connectivity index (χ3v) is 8.67. The van der Waals surface area contributed by atoms with E-state index in [9.17, 15) is 28.4 Å². The van der Waals surface area contributed by atoms with Gasteiger partial charge in [-0.3, -0.25) is 23.7 Å². The number of aliphatic carboxylic acids is 1. The van der Waals surface area contributed by atoms with E-state index in [1.165, 1.54) is 28.8 Å². The topological polar surface area (TPSA) is 130 Å². The Kier molecular flexibility index (Phi) is 10.9. The highest BCUT2D eigenvalue weighted by Crippen LogP contribution is 2.22. The average Bonchev–Trinajstić information content (AvgIpc) is 3.12. The lowest BCUT2D eigenvalue weighted by molar-refractivity contribution is -0.138. The minimum absolute atomic E-state index is 0.0480. The predicted molar refractivity (Wildman–Crippen MR) is 181 cm³/mol. The number of piperidine rings is 1. The van der Waals surface area contributed by atoms with Crippen molar-refractivity contribution in [3.63, 3.8) is 0 Å². The van der Waals surface area contributed by atoms with Crippen molar-refractivity contribution in [1.29, 1.82) is 0 Å². The molecule has 4 aromatic carbocycles. The summed E-state index contributed by atoms with van der Waals surface area (Å²) in [5, 5.41) is 9.49. The summed E-state index contributed by atoms with van der Waals surface area (Å²) in [6.45, 7) is 3.92. The number of carbonyl (C=O) groups excluding carboxylic acids is 2. The molecule has 2 heterocycles. The van der Waals surface area contributed by atoms with E-state index in [0.717, 1.165) is 13.1 Å². The Morgan fingerprint density at radius 1 is 0.812 bits per heavy atom. The number of carboxylic acids is 1. The fourth-order valence-electron chi connectivity index (χ4n) is 5.76. The van der Waals surface area contributed by atoms with Crippen molar-refractivity contribution >= 4 is 28.4 Å². The third-order valence-electron chi connectivity index (χ3n) is 8.67. The van der Waals surface area contributed by atoms with Gasteiger partial charge in [0.25, 0.3) is 5.56 Å². The summed E-state index contributed by atoms with van der Waals surface area (Å²) in [7, 11) is 0. The number of nitrogens with one attached hydrogen (secondary N) is 1. The fourth-order valence-corrected chi connectivity index (χ4v) is 5.76. The smallest absolute Gasteiger partial charge is 0.328 e. The average molecular weight is 650 g/mol. The fraction of sp³-hybridized carbons (Fsp3) is 0.237. The highest BCUT2D eigenvalue weighted by atomic mass is 19.1. The monoisotopic (exact) mass is 649 g/mol. The molecular weight excluding hydrogens is 613 g/mol. The van der Waals surface area contributed by atoms with Crippen LogP contribution in [-0.4, -0.2) is 56.7 Å². The molecule has 6 rings (SSSR count). The largest absolute Gasteiger partial charge is 0.481 e. The van der Waals surface area contributed by atoms with Gasteiger partial charge in [0.15, 0.2) is 11.6 Å². The van der Waals surface area contributed by atoms with Crippen molar-refractivity contribution in [1.82, 2.24) is 14.5 Å². The molecule has 48 heavy (non-hydrogen) atoms. The number of rotatable bonds is 9. The van der Waals surface area contributed by atoms with Crippen LogP contribution in [0.4, 0.5) is 4.39 Å². The number of halogens is 1. The molecule has 0 amide bonds. The highest BCUT2D eigenvalue weighted by molar-refractivity contribution is 6.09. The van der Waals surface area contributed by atoms with Crippen LogP contribution in [0.5, 0.6) is 0 Å². The number of aromatic nitrogens is 2. The number of benzene rings is 4. The molecule has 0 radical (unpaired) electrons. The zero-order valence-corrected chi connectivity index (χ0v) is 26.5. The zero-order valence-electron chi connectivity index (χ0n) is 26.5. The lowest BCUT2D eigenvalue weighted by Gasteiger charge is -2.31. The lowest BCUT2D eigenvalue weighted by atomic mass is 9.89. The van der Waals surface area contributed by atoms with Gasteiger partial charge in [-0.2, -0.15) is 0 Å². The number of fused-ring (bicyclic) bond motifs is 1. The van der Waals surface area contributed by atoms with Crippen molar-refractivity contribution in [2.45, 2.75) is 32.2 Å². The summed E-state index contributed by atoms with van der Waals surface area (Å²) in [5.41, 5.74) is 2.13. The first-order chi connectivity index (χ1) is 23.1. The summed E-state index contributed by atoms with van der Waals surface area (Å²) >= 11 is 0. The normalized spacial score (nSPS) is 14.1. The molecule has 10 heteroatoms. The molecule has 9 nitrogen and oxygen atoms in total. The molecule has 2 N–H and O–H groups in total. The molecule has 1 aliphatic heterocycles. The number of aromatic amines is 1. The molecule has 246 valence electrons. The molecule has 1 atom stereocenters. The van der Waals surface area contributed by atoms with Crippen molar-refractivity contribution in [3.8, 4) is 0 Å². The van der Waals surface area contributed by atoms with Gasteiger partial charge in [0.1, 0.15) is 5.82 Å². The number of para-hydroxylation sites is 1. The van der Waals surface area contributed by atoms with Gasteiger partial charge in [-0.25, -0.2) is 9.18 Å². The third kappa shape index (κ3) is 8.08. The molecule has 1 fully saturated rings. The van der Waals surface area contributed by atoms with E-state index in [-0.39, 0.29) is 28.9 Å². The first-order valence-electron chi connectivity index (χ1n) is 15.8. The molecule has 5 aromatic rings. The molecule has 1 unspecified atom stereocenters. The maximum Gasteiger partial charge on any atom is 0.328 e. The minimum Gasteiger partial charge on any atom is -0.481 e.